The Morgan fingerprint density at radius 3 is 2.58 bits per heavy atom. The first-order valence-electron chi connectivity index (χ1n) is 11.3. The first kappa shape index (κ1) is 27.0. The number of nitrogens with zero attached hydrogens (tertiary/aromatic N) is 3. The number of primary amides is 1. The van der Waals surface area contributed by atoms with Crippen LogP contribution in [0.1, 0.15) is 30.6 Å². The number of nitrogens with one attached hydrogen (secondary N) is 2. The van der Waals surface area contributed by atoms with Crippen LogP contribution in [0.15, 0.2) is 24.3 Å². The van der Waals surface area contributed by atoms with E-state index >= 15 is 0 Å². The summed E-state index contributed by atoms with van der Waals surface area (Å²) in [6.07, 6.45) is 0.675. The van der Waals surface area contributed by atoms with Crippen molar-refractivity contribution in [1.29, 1.82) is 0 Å². The topological polar surface area (TPSA) is 142 Å². The van der Waals surface area contributed by atoms with Crippen molar-refractivity contribution < 1.29 is 27.4 Å². The molecule has 1 aromatic carbocycles. The average Bonchev–Trinajstić information content (AvgIpc) is 3.14. The van der Waals surface area contributed by atoms with E-state index in [0.717, 1.165) is 6.07 Å². The molecule has 0 saturated heterocycles. The minimum atomic E-state index is -3.08. The number of carbonyl (C=O) groups is 1. The molecule has 1 atom stereocenters. The zero-order valence-corrected chi connectivity index (χ0v) is 20.2. The predicted octanol–water partition coefficient (Wildman–Crippen LogP) is 3.45. The van der Waals surface area contributed by atoms with Gasteiger partial charge in [0.1, 0.15) is 5.82 Å². The molecule has 0 aliphatic carbocycles. The van der Waals surface area contributed by atoms with E-state index in [1.807, 2.05) is 13.8 Å². The largest absolute Gasteiger partial charge is 0.415 e. The van der Waals surface area contributed by atoms with Crippen LogP contribution in [0.4, 0.5) is 30.5 Å². The van der Waals surface area contributed by atoms with Gasteiger partial charge in [0.05, 0.1) is 29.6 Å². The second-order valence-electron chi connectivity index (χ2n) is 8.54. The summed E-state index contributed by atoms with van der Waals surface area (Å²) in [7, 11) is 1.51. The summed E-state index contributed by atoms with van der Waals surface area (Å²) in [4.78, 5) is 16.2. The van der Waals surface area contributed by atoms with Gasteiger partial charge in [0.25, 0.3) is 5.91 Å². The van der Waals surface area contributed by atoms with E-state index in [1.165, 1.54) is 17.9 Å². The van der Waals surface area contributed by atoms with Crippen molar-refractivity contribution in [3.05, 3.63) is 35.6 Å². The standard InChI is InChI=1S/C23H30F3N7O3/c1-12(2)8-14(11-27)30-21-17(24)10-16(19(28)34)20(31-21)29-13-4-5-18-15(9-13)22(36-23(25)26)32-33(18)6-7-35-3/h4-5,9-10,12,14,23H,6-8,11,27H2,1-3H3,(H2,28,34)(H2,29,30,31)/t14-/m1/s1. The molecule has 0 saturated carbocycles. The number of ether oxygens (including phenoxy) is 2. The number of hydrogen-bond acceptors (Lipinski definition) is 8. The summed E-state index contributed by atoms with van der Waals surface area (Å²) in [6, 6.07) is 5.51. The summed E-state index contributed by atoms with van der Waals surface area (Å²) in [5.74, 6) is -1.76. The minimum Gasteiger partial charge on any atom is -0.415 e. The molecule has 0 radical (unpaired) electrons. The smallest absolute Gasteiger partial charge is 0.388 e. The average molecular weight is 510 g/mol. The van der Waals surface area contributed by atoms with Crippen LogP contribution in [0.2, 0.25) is 0 Å². The van der Waals surface area contributed by atoms with E-state index in [0.29, 0.717) is 36.7 Å². The summed E-state index contributed by atoms with van der Waals surface area (Å²) in [5, 5.41) is 10.3. The number of halogens is 3. The number of alkyl halides is 2. The van der Waals surface area contributed by atoms with Gasteiger partial charge < -0.3 is 31.6 Å². The molecule has 2 aromatic heterocycles. The maximum Gasteiger partial charge on any atom is 0.388 e. The first-order valence-corrected chi connectivity index (χ1v) is 11.3. The first-order chi connectivity index (χ1) is 17.1. The molecule has 6 N–H and O–H groups in total. The molecule has 0 spiro atoms. The number of carbonyl (C=O) groups excluding carboxylic acids is 1. The Balaban J connectivity index is 2.00. The Bertz CT molecular complexity index is 1200. The second kappa shape index (κ2) is 11.9. The maximum atomic E-state index is 14.7. The second-order valence-corrected chi connectivity index (χ2v) is 8.54. The fourth-order valence-electron chi connectivity index (χ4n) is 3.73. The van der Waals surface area contributed by atoms with Gasteiger partial charge in [0.15, 0.2) is 11.6 Å². The van der Waals surface area contributed by atoms with Crippen LogP contribution >= 0.6 is 0 Å². The lowest BCUT2D eigenvalue weighted by molar-refractivity contribution is -0.0523. The van der Waals surface area contributed by atoms with Crippen LogP contribution in [-0.4, -0.2) is 53.6 Å². The molecule has 2 heterocycles. The number of nitrogens with two attached hydrogens (primary N) is 2. The maximum absolute atomic E-state index is 14.7. The third kappa shape index (κ3) is 6.55. The Morgan fingerprint density at radius 2 is 1.97 bits per heavy atom. The number of anilines is 3. The molecular formula is C23H30F3N7O3. The lowest BCUT2D eigenvalue weighted by Crippen LogP contribution is -2.31. The van der Waals surface area contributed by atoms with E-state index in [-0.39, 0.29) is 41.1 Å². The molecule has 196 valence electrons. The van der Waals surface area contributed by atoms with Crippen LogP contribution in [0.25, 0.3) is 10.9 Å². The molecule has 10 nitrogen and oxygen atoms in total. The summed E-state index contributed by atoms with van der Waals surface area (Å²) in [6.45, 7) is 1.81. The lowest BCUT2D eigenvalue weighted by Gasteiger charge is -2.21. The van der Waals surface area contributed by atoms with E-state index in [9.17, 15) is 18.0 Å². The predicted molar refractivity (Wildman–Crippen MR) is 130 cm³/mol. The van der Waals surface area contributed by atoms with Crippen LogP contribution in [0.5, 0.6) is 5.88 Å². The highest BCUT2D eigenvalue weighted by molar-refractivity contribution is 5.99. The molecule has 1 amide bonds. The van der Waals surface area contributed by atoms with Crippen LogP contribution in [0.3, 0.4) is 0 Å². The Morgan fingerprint density at radius 1 is 1.22 bits per heavy atom. The van der Waals surface area contributed by atoms with Gasteiger partial charge in [-0.15, -0.1) is 5.10 Å². The molecule has 3 rings (SSSR count). The zero-order valence-electron chi connectivity index (χ0n) is 20.2. The van der Waals surface area contributed by atoms with Crippen molar-refractivity contribution in [2.45, 2.75) is 39.5 Å². The van der Waals surface area contributed by atoms with Crippen molar-refractivity contribution >= 4 is 34.1 Å². The van der Waals surface area contributed by atoms with Gasteiger partial charge in [0.2, 0.25) is 5.88 Å². The van der Waals surface area contributed by atoms with E-state index in [2.05, 4.69) is 25.5 Å². The Hall–Kier alpha value is -3.58. The lowest BCUT2D eigenvalue weighted by atomic mass is 10.0. The molecule has 36 heavy (non-hydrogen) atoms. The number of amides is 1. The van der Waals surface area contributed by atoms with Gasteiger partial charge in [-0.2, -0.15) is 8.78 Å². The van der Waals surface area contributed by atoms with Gasteiger partial charge in [0, 0.05) is 25.4 Å². The van der Waals surface area contributed by atoms with Crippen LogP contribution in [-0.2, 0) is 11.3 Å². The number of pyridine rings is 1. The molecule has 0 fully saturated rings. The SMILES string of the molecule is COCCn1nc(OC(F)F)c2cc(Nc3nc(N[C@@H](CN)CC(C)C)c(F)cc3C(N)=O)ccc21. The monoisotopic (exact) mass is 509 g/mol. The zero-order chi connectivity index (χ0) is 26.4. The normalized spacial score (nSPS) is 12.4. The highest BCUT2D eigenvalue weighted by Crippen LogP contribution is 2.31. The van der Waals surface area contributed by atoms with Gasteiger partial charge in [-0.25, -0.2) is 9.37 Å². The highest BCUT2D eigenvalue weighted by Gasteiger charge is 2.20. The number of methoxy groups -OCH3 is 1. The minimum absolute atomic E-state index is 0.0193. The number of hydrogen-bond donors (Lipinski definition) is 4. The van der Waals surface area contributed by atoms with E-state index < -0.39 is 18.3 Å². The fourth-order valence-corrected chi connectivity index (χ4v) is 3.73. The summed E-state index contributed by atoms with van der Waals surface area (Å²) >= 11 is 0. The molecule has 3 aromatic rings. The van der Waals surface area contributed by atoms with Gasteiger partial charge in [-0.05, 0) is 36.6 Å². The fraction of sp³-hybridized carbons (Fsp3) is 0.435. The van der Waals surface area contributed by atoms with Gasteiger partial charge in [-0.3, -0.25) is 9.48 Å². The van der Waals surface area contributed by atoms with Crippen molar-refractivity contribution in [3.63, 3.8) is 0 Å². The highest BCUT2D eigenvalue weighted by atomic mass is 19.3. The number of aromatic nitrogens is 3. The molecule has 13 heteroatoms. The number of fused-ring (bicyclic) bond motifs is 1. The quantitative estimate of drug-likeness (QED) is 0.274. The number of benzene rings is 1. The molecule has 0 unspecified atom stereocenters. The molecule has 0 aliphatic rings. The van der Waals surface area contributed by atoms with Crippen molar-refractivity contribution in [2.24, 2.45) is 17.4 Å². The van der Waals surface area contributed by atoms with Gasteiger partial charge in [-0.1, -0.05) is 13.8 Å². The number of rotatable bonds is 13. The summed E-state index contributed by atoms with van der Waals surface area (Å²) < 4.78 is 51.8. The third-order valence-corrected chi connectivity index (χ3v) is 5.31. The van der Waals surface area contributed by atoms with Crippen molar-refractivity contribution in [3.8, 4) is 5.88 Å². The molecular weight excluding hydrogens is 479 g/mol. The van der Waals surface area contributed by atoms with Crippen LogP contribution in [0, 0.1) is 11.7 Å². The van der Waals surface area contributed by atoms with Crippen molar-refractivity contribution in [1.82, 2.24) is 14.8 Å². The Labute approximate surface area is 206 Å². The van der Waals surface area contributed by atoms with Crippen molar-refractivity contribution in [2.75, 3.05) is 30.9 Å². The van der Waals surface area contributed by atoms with Crippen LogP contribution < -0.4 is 26.8 Å². The van der Waals surface area contributed by atoms with Gasteiger partial charge >= 0.3 is 6.61 Å². The van der Waals surface area contributed by atoms with E-state index in [4.69, 9.17) is 16.2 Å². The third-order valence-electron chi connectivity index (χ3n) is 5.31. The molecule has 0 aliphatic heterocycles. The van der Waals surface area contributed by atoms with E-state index in [1.54, 1.807) is 12.1 Å². The molecule has 0 bridgehead atoms. The summed E-state index contributed by atoms with van der Waals surface area (Å²) in [5.41, 5.74) is 12.0. The Kier molecular flexibility index (Phi) is 8.93.